The molecule has 0 saturated heterocycles. The molecule has 0 saturated carbocycles. The van der Waals surface area contributed by atoms with Crippen molar-refractivity contribution < 1.29 is 5.11 Å². The zero-order valence-corrected chi connectivity index (χ0v) is 8.06. The zero-order valence-electron chi connectivity index (χ0n) is 7.31. The van der Waals surface area contributed by atoms with Gasteiger partial charge in [-0.05, 0) is 25.7 Å². The Balaban J connectivity index is 0.000000461. The van der Waals surface area contributed by atoms with Gasteiger partial charge in [0.15, 0.2) is 0 Å². The van der Waals surface area contributed by atoms with Gasteiger partial charge in [0.05, 0.1) is 6.10 Å². The van der Waals surface area contributed by atoms with E-state index in [1.165, 1.54) is 0 Å². The third-order valence-corrected chi connectivity index (χ3v) is 1.93. The maximum Gasteiger partial charge on any atom is 0.0546 e. The first kappa shape index (κ1) is 11.0. The number of halogens is 1. The average molecular weight is 177 g/mol. The lowest BCUT2D eigenvalue weighted by atomic mass is 10.1. The molecule has 66 valence electrons. The molecule has 0 fully saturated rings. The Morgan fingerprint density at radius 3 is 2.73 bits per heavy atom. The first-order valence-electron chi connectivity index (χ1n) is 4.31. The minimum absolute atomic E-state index is 0.127. The van der Waals surface area contributed by atoms with Crippen LogP contribution in [0.5, 0.6) is 0 Å². The van der Waals surface area contributed by atoms with Crippen molar-refractivity contribution in [3.05, 3.63) is 11.1 Å². The van der Waals surface area contributed by atoms with Crippen LogP contribution in [-0.2, 0) is 0 Å². The van der Waals surface area contributed by atoms with E-state index < -0.39 is 0 Å². The SMILES string of the molecule is CC.OC1CCC=C(Cl)CC1. The summed E-state index contributed by atoms with van der Waals surface area (Å²) in [5.74, 6) is 0. The molecule has 1 unspecified atom stereocenters. The average Bonchev–Trinajstić information content (AvgIpc) is 2.20. The number of aliphatic hydroxyl groups is 1. The Bertz CT molecular complexity index is 121. The summed E-state index contributed by atoms with van der Waals surface area (Å²) in [5.41, 5.74) is 0. The van der Waals surface area contributed by atoms with Crippen LogP contribution >= 0.6 is 11.6 Å². The van der Waals surface area contributed by atoms with Crippen molar-refractivity contribution >= 4 is 11.6 Å². The normalized spacial score (nSPS) is 24.4. The van der Waals surface area contributed by atoms with Gasteiger partial charge in [-0.1, -0.05) is 31.5 Å². The fraction of sp³-hybridized carbons (Fsp3) is 0.778. The molecule has 0 aliphatic heterocycles. The summed E-state index contributed by atoms with van der Waals surface area (Å²) in [7, 11) is 0. The van der Waals surface area contributed by atoms with Gasteiger partial charge in [0, 0.05) is 5.03 Å². The molecule has 0 aromatic rings. The number of allylic oxidation sites excluding steroid dienone is 2. The van der Waals surface area contributed by atoms with Gasteiger partial charge < -0.3 is 5.11 Å². The molecule has 1 rings (SSSR count). The zero-order chi connectivity index (χ0) is 8.69. The first-order valence-corrected chi connectivity index (χ1v) is 4.69. The topological polar surface area (TPSA) is 20.2 Å². The van der Waals surface area contributed by atoms with Gasteiger partial charge in [0.25, 0.3) is 0 Å². The van der Waals surface area contributed by atoms with Crippen LogP contribution in [-0.4, -0.2) is 11.2 Å². The number of rotatable bonds is 0. The predicted molar refractivity (Wildman–Crippen MR) is 49.8 cm³/mol. The molecule has 0 spiro atoms. The molecule has 0 radical (unpaired) electrons. The van der Waals surface area contributed by atoms with Gasteiger partial charge in [-0.15, -0.1) is 0 Å². The highest BCUT2D eigenvalue weighted by molar-refractivity contribution is 6.29. The summed E-state index contributed by atoms with van der Waals surface area (Å²) >= 11 is 5.74. The van der Waals surface area contributed by atoms with E-state index in [2.05, 4.69) is 0 Å². The van der Waals surface area contributed by atoms with Crippen molar-refractivity contribution in [3.63, 3.8) is 0 Å². The van der Waals surface area contributed by atoms with Crippen molar-refractivity contribution in [1.82, 2.24) is 0 Å². The maximum atomic E-state index is 9.11. The van der Waals surface area contributed by atoms with Gasteiger partial charge in [-0.2, -0.15) is 0 Å². The van der Waals surface area contributed by atoms with Crippen LogP contribution in [0.1, 0.15) is 39.5 Å². The number of hydrogen-bond acceptors (Lipinski definition) is 1. The first-order chi connectivity index (χ1) is 5.29. The van der Waals surface area contributed by atoms with E-state index in [1.54, 1.807) is 0 Å². The summed E-state index contributed by atoms with van der Waals surface area (Å²) in [6.45, 7) is 4.00. The molecule has 0 aromatic carbocycles. The minimum Gasteiger partial charge on any atom is -0.393 e. The molecule has 0 bridgehead atoms. The van der Waals surface area contributed by atoms with Crippen LogP contribution in [0.25, 0.3) is 0 Å². The quantitative estimate of drug-likeness (QED) is 0.602. The lowest BCUT2D eigenvalue weighted by Crippen LogP contribution is -2.02. The molecular weight excluding hydrogens is 160 g/mol. The molecule has 1 N–H and O–H groups in total. The lowest BCUT2D eigenvalue weighted by Gasteiger charge is -2.02. The van der Waals surface area contributed by atoms with E-state index in [0.717, 1.165) is 30.7 Å². The smallest absolute Gasteiger partial charge is 0.0546 e. The van der Waals surface area contributed by atoms with Crippen molar-refractivity contribution in [2.45, 2.75) is 45.6 Å². The standard InChI is InChI=1S/C7H11ClO.C2H6/c8-6-2-1-3-7(9)5-4-6;1-2/h2,7,9H,1,3-5H2;1-2H3. The molecule has 1 atom stereocenters. The Morgan fingerprint density at radius 2 is 2.09 bits per heavy atom. The Hall–Kier alpha value is -0.0100. The summed E-state index contributed by atoms with van der Waals surface area (Å²) < 4.78 is 0. The fourth-order valence-corrected chi connectivity index (χ4v) is 1.20. The van der Waals surface area contributed by atoms with Gasteiger partial charge in [0.1, 0.15) is 0 Å². The van der Waals surface area contributed by atoms with Crippen LogP contribution in [0.15, 0.2) is 11.1 Å². The second-order valence-corrected chi connectivity index (χ2v) is 2.91. The van der Waals surface area contributed by atoms with Crippen LogP contribution in [0.4, 0.5) is 0 Å². The molecule has 11 heavy (non-hydrogen) atoms. The number of hydrogen-bond donors (Lipinski definition) is 1. The van der Waals surface area contributed by atoms with Gasteiger partial charge in [0.2, 0.25) is 0 Å². The fourth-order valence-electron chi connectivity index (χ4n) is 0.983. The van der Waals surface area contributed by atoms with Crippen LogP contribution in [0.3, 0.4) is 0 Å². The number of aliphatic hydroxyl groups excluding tert-OH is 1. The third kappa shape index (κ3) is 5.28. The minimum atomic E-state index is -0.127. The van der Waals surface area contributed by atoms with E-state index in [-0.39, 0.29) is 6.10 Å². The highest BCUT2D eigenvalue weighted by Gasteiger charge is 2.07. The molecule has 1 aliphatic rings. The Kier molecular flexibility index (Phi) is 6.68. The molecule has 2 heteroatoms. The summed E-state index contributed by atoms with van der Waals surface area (Å²) in [6, 6.07) is 0. The predicted octanol–water partition coefficient (Wildman–Crippen LogP) is 3.07. The highest BCUT2D eigenvalue weighted by atomic mass is 35.5. The van der Waals surface area contributed by atoms with E-state index in [1.807, 2.05) is 19.9 Å². The van der Waals surface area contributed by atoms with Crippen LogP contribution < -0.4 is 0 Å². The van der Waals surface area contributed by atoms with Crippen molar-refractivity contribution in [3.8, 4) is 0 Å². The molecule has 0 amide bonds. The van der Waals surface area contributed by atoms with Crippen molar-refractivity contribution in [2.75, 3.05) is 0 Å². The summed E-state index contributed by atoms with van der Waals surface area (Å²) in [6.07, 6.45) is 5.35. The van der Waals surface area contributed by atoms with E-state index >= 15 is 0 Å². The van der Waals surface area contributed by atoms with E-state index in [4.69, 9.17) is 16.7 Å². The van der Waals surface area contributed by atoms with Crippen LogP contribution in [0, 0.1) is 0 Å². The van der Waals surface area contributed by atoms with Crippen molar-refractivity contribution in [2.24, 2.45) is 0 Å². The molecule has 1 nitrogen and oxygen atoms in total. The Morgan fingerprint density at radius 1 is 1.45 bits per heavy atom. The lowest BCUT2D eigenvalue weighted by molar-refractivity contribution is 0.159. The third-order valence-electron chi connectivity index (χ3n) is 1.58. The Labute approximate surface area is 74.1 Å². The van der Waals surface area contributed by atoms with Gasteiger partial charge in [-0.25, -0.2) is 0 Å². The summed E-state index contributed by atoms with van der Waals surface area (Å²) in [4.78, 5) is 0. The summed E-state index contributed by atoms with van der Waals surface area (Å²) in [5, 5.41) is 10.0. The van der Waals surface area contributed by atoms with E-state index in [0.29, 0.717) is 0 Å². The molecule has 0 aromatic heterocycles. The highest BCUT2D eigenvalue weighted by Crippen LogP contribution is 2.19. The monoisotopic (exact) mass is 176 g/mol. The van der Waals surface area contributed by atoms with Crippen molar-refractivity contribution in [1.29, 1.82) is 0 Å². The largest absolute Gasteiger partial charge is 0.393 e. The molecule has 0 heterocycles. The van der Waals surface area contributed by atoms with Crippen LogP contribution in [0.2, 0.25) is 0 Å². The molecule has 1 aliphatic carbocycles. The van der Waals surface area contributed by atoms with E-state index in [9.17, 15) is 0 Å². The molecular formula is C9H17ClO. The van der Waals surface area contributed by atoms with Gasteiger partial charge >= 0.3 is 0 Å². The second-order valence-electron chi connectivity index (χ2n) is 2.42. The van der Waals surface area contributed by atoms with Gasteiger partial charge in [-0.3, -0.25) is 0 Å². The maximum absolute atomic E-state index is 9.11. The second kappa shape index (κ2) is 6.68.